The van der Waals surface area contributed by atoms with Crippen LogP contribution in [-0.2, 0) is 0 Å². The number of fused-ring (bicyclic) bond motifs is 1. The molecule has 0 radical (unpaired) electrons. The monoisotopic (exact) mass is 171 g/mol. The fourth-order valence-electron chi connectivity index (χ4n) is 1.57. The van der Waals surface area contributed by atoms with E-state index in [0.717, 1.165) is 0 Å². The van der Waals surface area contributed by atoms with Crippen LogP contribution in [0.25, 0.3) is 16.5 Å². The lowest BCUT2D eigenvalue weighted by atomic mass is 10.0. The molecule has 0 fully saturated rings. The Morgan fingerprint density at radius 3 is 2.92 bits per heavy atom. The normalized spacial score (nSPS) is 12.3. The van der Waals surface area contributed by atoms with Gasteiger partial charge in [-0.15, -0.1) is 0 Å². The van der Waals surface area contributed by atoms with Crippen molar-refractivity contribution < 1.29 is 0 Å². The molecule has 1 nitrogen and oxygen atoms in total. The van der Waals surface area contributed by atoms with Gasteiger partial charge in [0.05, 0.1) is 5.52 Å². The highest BCUT2D eigenvalue weighted by atomic mass is 14.7. The molecule has 0 amide bonds. The van der Waals surface area contributed by atoms with Crippen molar-refractivity contribution in [3.05, 3.63) is 42.1 Å². The highest BCUT2D eigenvalue weighted by molar-refractivity contribution is 5.90. The summed E-state index contributed by atoms with van der Waals surface area (Å²) in [4.78, 5) is 3.26. The molecule has 0 bridgehead atoms. The molecule has 1 N–H and O–H groups in total. The highest BCUT2D eigenvalue weighted by Crippen LogP contribution is 2.23. The van der Waals surface area contributed by atoms with Gasteiger partial charge in [-0.1, -0.05) is 24.3 Å². The van der Waals surface area contributed by atoms with Crippen LogP contribution in [0, 0.1) is 0 Å². The largest absolute Gasteiger partial charge is 0.361 e. The van der Waals surface area contributed by atoms with Gasteiger partial charge < -0.3 is 4.98 Å². The lowest BCUT2D eigenvalue weighted by Crippen LogP contribution is -1.81. The molecule has 0 spiro atoms. The molecule has 66 valence electrons. The fraction of sp³-hybridized carbons (Fsp3) is 0.167. The first kappa shape index (κ1) is 8.11. The maximum Gasteiger partial charge on any atom is 0.0530 e. The molecule has 1 aromatic heterocycles. The first-order chi connectivity index (χ1) is 6.33. The van der Waals surface area contributed by atoms with E-state index in [1.165, 1.54) is 22.0 Å². The molecule has 0 saturated carbocycles. The lowest BCUT2D eigenvalue weighted by Gasteiger charge is -2.02. The Labute approximate surface area is 78.1 Å². The van der Waals surface area contributed by atoms with Crippen molar-refractivity contribution >= 4 is 16.5 Å². The second-order valence-electron chi connectivity index (χ2n) is 3.22. The van der Waals surface area contributed by atoms with Crippen LogP contribution in [0.3, 0.4) is 0 Å². The molecule has 0 aliphatic rings. The quantitative estimate of drug-likeness (QED) is 0.674. The van der Waals surface area contributed by atoms with E-state index in [1.54, 1.807) is 0 Å². The molecule has 2 aromatic rings. The smallest absolute Gasteiger partial charge is 0.0530 e. The molecule has 1 heterocycles. The third-order valence-electron chi connectivity index (χ3n) is 2.45. The van der Waals surface area contributed by atoms with Gasteiger partial charge in [0.25, 0.3) is 0 Å². The first-order valence-electron chi connectivity index (χ1n) is 4.52. The SMILES string of the molecule is CC=C(C)c1cccc2cc[nH]c12. The van der Waals surface area contributed by atoms with Crippen LogP contribution in [0.1, 0.15) is 19.4 Å². The third kappa shape index (κ3) is 1.26. The van der Waals surface area contributed by atoms with Crippen molar-refractivity contribution in [2.75, 3.05) is 0 Å². The first-order valence-corrected chi connectivity index (χ1v) is 4.52. The summed E-state index contributed by atoms with van der Waals surface area (Å²) >= 11 is 0. The van der Waals surface area contributed by atoms with Gasteiger partial charge in [0.2, 0.25) is 0 Å². The Morgan fingerprint density at radius 2 is 2.15 bits per heavy atom. The van der Waals surface area contributed by atoms with Crippen molar-refractivity contribution in [2.24, 2.45) is 0 Å². The van der Waals surface area contributed by atoms with Gasteiger partial charge in [-0.2, -0.15) is 0 Å². The van der Waals surface area contributed by atoms with Gasteiger partial charge >= 0.3 is 0 Å². The number of para-hydroxylation sites is 1. The summed E-state index contributed by atoms with van der Waals surface area (Å²) in [5.74, 6) is 0. The highest BCUT2D eigenvalue weighted by Gasteiger charge is 2.01. The Hall–Kier alpha value is -1.50. The van der Waals surface area contributed by atoms with E-state index in [-0.39, 0.29) is 0 Å². The van der Waals surface area contributed by atoms with E-state index in [2.05, 4.69) is 49.2 Å². The van der Waals surface area contributed by atoms with E-state index in [0.29, 0.717) is 0 Å². The molecule has 2 rings (SSSR count). The lowest BCUT2D eigenvalue weighted by molar-refractivity contribution is 1.45. The zero-order valence-corrected chi connectivity index (χ0v) is 7.96. The molecule has 13 heavy (non-hydrogen) atoms. The van der Waals surface area contributed by atoms with Gasteiger partial charge in [-0.05, 0) is 30.9 Å². The summed E-state index contributed by atoms with van der Waals surface area (Å²) in [5.41, 5.74) is 3.84. The second-order valence-corrected chi connectivity index (χ2v) is 3.22. The van der Waals surface area contributed by atoms with E-state index >= 15 is 0 Å². The number of H-pyrrole nitrogens is 1. The maximum atomic E-state index is 3.26. The zero-order chi connectivity index (χ0) is 9.26. The minimum absolute atomic E-state index is 1.23. The van der Waals surface area contributed by atoms with Crippen molar-refractivity contribution in [3.8, 4) is 0 Å². The topological polar surface area (TPSA) is 15.8 Å². The summed E-state index contributed by atoms with van der Waals surface area (Å²) in [6.45, 7) is 4.20. The van der Waals surface area contributed by atoms with Gasteiger partial charge in [0.15, 0.2) is 0 Å². The predicted octanol–water partition coefficient (Wildman–Crippen LogP) is 3.59. The Morgan fingerprint density at radius 1 is 1.31 bits per heavy atom. The number of nitrogens with one attached hydrogen (secondary N) is 1. The number of benzene rings is 1. The number of aromatic nitrogens is 1. The van der Waals surface area contributed by atoms with E-state index in [4.69, 9.17) is 0 Å². The van der Waals surface area contributed by atoms with E-state index in [1.807, 2.05) is 6.20 Å². The third-order valence-corrected chi connectivity index (χ3v) is 2.45. The van der Waals surface area contributed by atoms with Crippen LogP contribution in [-0.4, -0.2) is 4.98 Å². The maximum absolute atomic E-state index is 3.26. The van der Waals surface area contributed by atoms with Crippen molar-refractivity contribution in [3.63, 3.8) is 0 Å². The Kier molecular flexibility index (Phi) is 1.93. The van der Waals surface area contributed by atoms with Crippen LogP contribution in [0.4, 0.5) is 0 Å². The molecule has 0 unspecified atom stereocenters. The zero-order valence-electron chi connectivity index (χ0n) is 7.96. The fourth-order valence-corrected chi connectivity index (χ4v) is 1.57. The van der Waals surface area contributed by atoms with Crippen LogP contribution in [0.15, 0.2) is 36.5 Å². The molecule has 1 heteroatoms. The number of allylic oxidation sites excluding steroid dienone is 2. The van der Waals surface area contributed by atoms with Crippen molar-refractivity contribution in [1.82, 2.24) is 4.98 Å². The van der Waals surface area contributed by atoms with Gasteiger partial charge in [-0.3, -0.25) is 0 Å². The molecule has 1 aromatic carbocycles. The minimum atomic E-state index is 1.23. The van der Waals surface area contributed by atoms with Crippen LogP contribution in [0.5, 0.6) is 0 Å². The summed E-state index contributed by atoms with van der Waals surface area (Å²) in [6.07, 6.45) is 4.12. The average Bonchev–Trinajstić information content (AvgIpc) is 2.63. The predicted molar refractivity (Wildman–Crippen MR) is 57.6 cm³/mol. The van der Waals surface area contributed by atoms with E-state index in [9.17, 15) is 0 Å². The molecular weight excluding hydrogens is 158 g/mol. The van der Waals surface area contributed by atoms with Gasteiger partial charge in [0, 0.05) is 11.8 Å². The Bertz CT molecular complexity index is 449. The molecule has 0 atom stereocenters. The summed E-state index contributed by atoms with van der Waals surface area (Å²) in [7, 11) is 0. The van der Waals surface area contributed by atoms with Crippen LogP contribution < -0.4 is 0 Å². The number of rotatable bonds is 1. The van der Waals surface area contributed by atoms with Crippen LogP contribution >= 0.6 is 0 Å². The average molecular weight is 171 g/mol. The van der Waals surface area contributed by atoms with Crippen LogP contribution in [0.2, 0.25) is 0 Å². The number of aromatic amines is 1. The molecule has 0 aliphatic carbocycles. The van der Waals surface area contributed by atoms with Crippen molar-refractivity contribution in [1.29, 1.82) is 0 Å². The molecule has 0 saturated heterocycles. The Balaban J connectivity index is 2.75. The summed E-state index contributed by atoms with van der Waals surface area (Å²) in [5, 5.41) is 1.28. The minimum Gasteiger partial charge on any atom is -0.361 e. The summed E-state index contributed by atoms with van der Waals surface area (Å²) < 4.78 is 0. The van der Waals surface area contributed by atoms with E-state index < -0.39 is 0 Å². The molecular formula is C12H13N. The van der Waals surface area contributed by atoms with Gasteiger partial charge in [0.1, 0.15) is 0 Å². The second kappa shape index (κ2) is 3.09. The summed E-state index contributed by atoms with van der Waals surface area (Å²) in [6, 6.07) is 8.46. The number of hydrogen-bond acceptors (Lipinski definition) is 0. The number of hydrogen-bond donors (Lipinski definition) is 1. The van der Waals surface area contributed by atoms with Gasteiger partial charge in [-0.25, -0.2) is 0 Å². The standard InChI is InChI=1S/C12H13N/c1-3-9(2)11-6-4-5-10-7-8-13-12(10)11/h3-8,13H,1-2H3. The van der Waals surface area contributed by atoms with Crippen molar-refractivity contribution in [2.45, 2.75) is 13.8 Å². The molecule has 0 aliphatic heterocycles.